The van der Waals surface area contributed by atoms with E-state index in [-0.39, 0.29) is 0 Å². The van der Waals surface area contributed by atoms with Crippen LogP contribution in [0.2, 0.25) is 0 Å². The van der Waals surface area contributed by atoms with E-state index in [1.165, 1.54) is 180 Å². The van der Waals surface area contributed by atoms with Crippen molar-refractivity contribution in [1.29, 1.82) is 0 Å². The zero-order valence-electron chi connectivity index (χ0n) is 75.5. The summed E-state index contributed by atoms with van der Waals surface area (Å²) in [6, 6.07) is 0. The minimum absolute atomic E-state index is 0.578. The Morgan fingerprint density at radius 3 is 0.495 bits per heavy atom. The molecule has 18 aliphatic rings. The number of hydrogen-bond donors (Lipinski definition) is 0. The molecule has 18 bridgehead atoms. The zero-order chi connectivity index (χ0) is 75.5. The molecule has 0 spiro atoms. The summed E-state index contributed by atoms with van der Waals surface area (Å²) >= 11 is 0. The fourth-order valence-corrected chi connectivity index (χ4v) is 33.1. The maximum Gasteiger partial charge on any atom is -0.0220 e. The summed E-state index contributed by atoms with van der Waals surface area (Å²) in [5.41, 5.74) is 11.9. The van der Waals surface area contributed by atoms with E-state index in [1.54, 1.807) is 51.4 Å². The van der Waals surface area contributed by atoms with Crippen molar-refractivity contribution in [3.8, 4) is 0 Å². The van der Waals surface area contributed by atoms with Crippen molar-refractivity contribution in [1.82, 2.24) is 0 Å². The first-order chi connectivity index (χ1) is 46.1. The van der Waals surface area contributed by atoms with Crippen LogP contribution in [0, 0.1) is 180 Å². The van der Waals surface area contributed by atoms with Gasteiger partial charge in [-0.3, -0.25) is 0 Å². The Balaban J connectivity index is 0.000000123. The SMILES string of the molecule is CC1(C)CC2CCC1(C)C2(C)C.CC1(C)CC2CCC1(C)C2(C)C.CC1(C)CC2CCC1(C)C2(C)C.CC1(C)CC2CCC1(C)C2(C)C.CC[C@@]1(C)C2(C)CCC(C2)C1(C)C.CC[C@@]1(C)CC2CCC1C2.CC[C@@]1(C)CC2CCC1C2.CC[C@]1(C)CC2CCC1C2.CC[C@]1(C)CC2CCC1C2. The van der Waals surface area contributed by atoms with Gasteiger partial charge in [0.05, 0.1) is 0 Å². The molecule has 18 aliphatic carbocycles. The highest BCUT2D eigenvalue weighted by Gasteiger charge is 2.69. The van der Waals surface area contributed by atoms with Crippen LogP contribution in [0.5, 0.6) is 0 Å². The Bertz CT molecular complexity index is 2490. The monoisotopic (exact) mass is 1400 g/mol. The second kappa shape index (κ2) is 27.4. The lowest BCUT2D eigenvalue weighted by Crippen LogP contribution is -2.44. The summed E-state index contributed by atoms with van der Waals surface area (Å²) in [5, 5.41) is 0. The molecule has 0 saturated heterocycles. The number of fused-ring (bicyclic) bond motifs is 18. The van der Waals surface area contributed by atoms with Crippen LogP contribution in [0.1, 0.15) is 460 Å². The lowest BCUT2D eigenvalue weighted by atomic mass is 9.53. The smallest absolute Gasteiger partial charge is 0.0220 e. The molecule has 0 aliphatic heterocycles. The Hall–Kier alpha value is 0. The third kappa shape index (κ3) is 13.2. The molecule has 18 fully saturated rings. The first kappa shape index (κ1) is 83.5. The molecule has 0 nitrogen and oxygen atoms in total. The average molecular weight is 1400 g/mol. The fraction of sp³-hybridized carbons (Fsp3) is 1.00. The normalized spacial score (nSPS) is 50.4. The van der Waals surface area contributed by atoms with Gasteiger partial charge in [-0.05, 0) is 360 Å². The van der Waals surface area contributed by atoms with Crippen molar-refractivity contribution >= 4 is 0 Å². The largest absolute Gasteiger partial charge is 0.0649 e. The standard InChI is InChI=1S/C13H24.4C12H22.4C10H18/c1-6-13(5)11(2,3)10-7-8-12(13,4)9-10;4*1-10(2)8-9-6-7-12(10,5)11(9,3)4;4*1-3-10(2)7-8-4-5-9(10)6-8/h10H,6-9H2,1-5H3;4*9H,6-8H2,1-5H3;4*8-9H,3-7H2,1-2H3/t10?,12?,13-;;;;;4*8?,9?,10-/m1....1100/s1. The van der Waals surface area contributed by atoms with Gasteiger partial charge in [-0.25, -0.2) is 0 Å². The van der Waals surface area contributed by atoms with Crippen LogP contribution in [0.3, 0.4) is 0 Å². The molecule has 588 valence electrons. The first-order valence-corrected chi connectivity index (χ1v) is 46.1. The Kier molecular flexibility index (Phi) is 22.7. The second-order valence-corrected chi connectivity index (χ2v) is 50.3. The van der Waals surface area contributed by atoms with Crippen molar-refractivity contribution < 1.29 is 0 Å². The fourth-order valence-electron chi connectivity index (χ4n) is 33.1. The van der Waals surface area contributed by atoms with Crippen LogP contribution >= 0.6 is 0 Å². The van der Waals surface area contributed by atoms with E-state index < -0.39 is 0 Å². The van der Waals surface area contributed by atoms with Gasteiger partial charge in [0, 0.05) is 0 Å². The average Bonchev–Trinajstić information content (AvgIpc) is 1.57. The summed E-state index contributed by atoms with van der Waals surface area (Å²) in [7, 11) is 0. The van der Waals surface area contributed by atoms with Gasteiger partial charge in [0.2, 0.25) is 0 Å². The summed E-state index contributed by atoms with van der Waals surface area (Å²) in [6.07, 6.45) is 53.7. The molecule has 101 heavy (non-hydrogen) atoms. The lowest BCUT2D eigenvalue weighted by Gasteiger charge is -2.52. The minimum atomic E-state index is 0.578. The van der Waals surface area contributed by atoms with Crippen LogP contribution in [-0.2, 0) is 0 Å². The molecule has 0 amide bonds. The van der Waals surface area contributed by atoms with Crippen LogP contribution < -0.4 is 0 Å². The molecule has 0 N–H and O–H groups in total. The van der Waals surface area contributed by atoms with Crippen LogP contribution in [0.15, 0.2) is 0 Å². The predicted octanol–water partition coefficient (Wildman–Crippen LogP) is 32.6. The molecule has 0 heterocycles. The summed E-state index contributed by atoms with van der Waals surface area (Å²) in [6.45, 7) is 81.6. The maximum absolute atomic E-state index is 2.53. The molecule has 0 aromatic rings. The maximum atomic E-state index is 2.53. The van der Waals surface area contributed by atoms with Crippen LogP contribution in [0.25, 0.3) is 0 Å². The van der Waals surface area contributed by atoms with Crippen molar-refractivity contribution in [2.45, 2.75) is 460 Å². The molecule has 0 radical (unpaired) electrons. The number of rotatable bonds is 5. The summed E-state index contributed by atoms with van der Waals surface area (Å²) < 4.78 is 0. The Labute approximate surface area is 635 Å². The summed E-state index contributed by atoms with van der Waals surface area (Å²) in [4.78, 5) is 0. The molecule has 0 heteroatoms. The molecule has 23 atom stereocenters. The molecular weight excluding hydrogens is 1210 g/mol. The minimum Gasteiger partial charge on any atom is -0.0649 e. The van der Waals surface area contributed by atoms with Crippen LogP contribution in [0.4, 0.5) is 0 Å². The highest BCUT2D eigenvalue weighted by atomic mass is 14.7. The van der Waals surface area contributed by atoms with Gasteiger partial charge in [-0.1, -0.05) is 280 Å². The molecular formula is C101H184. The van der Waals surface area contributed by atoms with E-state index in [0.29, 0.717) is 81.2 Å². The van der Waals surface area contributed by atoms with Crippen molar-refractivity contribution in [2.75, 3.05) is 0 Å². The van der Waals surface area contributed by atoms with Gasteiger partial charge in [-0.15, -0.1) is 0 Å². The van der Waals surface area contributed by atoms with E-state index in [0.717, 1.165) is 98.6 Å². The molecule has 18 rings (SSSR count). The summed E-state index contributed by atoms with van der Waals surface area (Å²) in [5.74, 6) is 13.9. The van der Waals surface area contributed by atoms with Gasteiger partial charge in [0.15, 0.2) is 0 Å². The third-order valence-corrected chi connectivity index (χ3v) is 45.3. The zero-order valence-corrected chi connectivity index (χ0v) is 75.5. The number of hydrogen-bond acceptors (Lipinski definition) is 0. The first-order valence-electron chi connectivity index (χ1n) is 46.1. The predicted molar refractivity (Wildman–Crippen MR) is 445 cm³/mol. The highest BCUT2D eigenvalue weighted by molar-refractivity contribution is 5.18. The lowest BCUT2D eigenvalue weighted by molar-refractivity contribution is -0.0318. The third-order valence-electron chi connectivity index (χ3n) is 45.3. The molecule has 0 aromatic carbocycles. The molecule has 18 saturated carbocycles. The van der Waals surface area contributed by atoms with Gasteiger partial charge >= 0.3 is 0 Å². The Morgan fingerprint density at radius 2 is 0.406 bits per heavy atom. The second-order valence-electron chi connectivity index (χ2n) is 50.3. The molecule has 0 aromatic heterocycles. The van der Waals surface area contributed by atoms with Crippen molar-refractivity contribution in [3.63, 3.8) is 0 Å². The van der Waals surface area contributed by atoms with Crippen LogP contribution in [-0.4, -0.2) is 0 Å². The molecule has 18 unspecified atom stereocenters. The van der Waals surface area contributed by atoms with E-state index in [2.05, 4.69) is 228 Å². The highest BCUT2D eigenvalue weighted by Crippen LogP contribution is 2.78. The van der Waals surface area contributed by atoms with E-state index in [1.807, 2.05) is 0 Å². The van der Waals surface area contributed by atoms with Gasteiger partial charge < -0.3 is 0 Å². The van der Waals surface area contributed by atoms with E-state index in [9.17, 15) is 0 Å². The van der Waals surface area contributed by atoms with Gasteiger partial charge in [0.1, 0.15) is 0 Å². The van der Waals surface area contributed by atoms with E-state index in [4.69, 9.17) is 0 Å². The Morgan fingerprint density at radius 1 is 0.198 bits per heavy atom. The van der Waals surface area contributed by atoms with Crippen molar-refractivity contribution in [2.24, 2.45) is 180 Å². The van der Waals surface area contributed by atoms with Gasteiger partial charge in [0.25, 0.3) is 0 Å². The van der Waals surface area contributed by atoms with Gasteiger partial charge in [-0.2, -0.15) is 0 Å². The topological polar surface area (TPSA) is 0 Å². The van der Waals surface area contributed by atoms with Crippen molar-refractivity contribution in [3.05, 3.63) is 0 Å². The van der Waals surface area contributed by atoms with E-state index >= 15 is 0 Å². The quantitative estimate of drug-likeness (QED) is 0.257.